The first-order chi connectivity index (χ1) is 11.8. The Balaban J connectivity index is 1.63. The zero-order valence-electron chi connectivity index (χ0n) is 12.9. The highest BCUT2D eigenvalue weighted by Crippen LogP contribution is 2.16. The number of rotatable bonds is 4. The van der Waals surface area contributed by atoms with Crippen molar-refractivity contribution < 1.29 is 22.0 Å². The molecule has 1 aromatic carbocycles. The van der Waals surface area contributed by atoms with Crippen LogP contribution in [0.2, 0.25) is 0 Å². The third-order valence-electron chi connectivity index (χ3n) is 3.65. The molecule has 25 heavy (non-hydrogen) atoms. The monoisotopic (exact) mass is 368 g/mol. The SMILES string of the molecule is O=C(Nc1ccc(F)c(F)c1)c1cnc(NC2CCS(=O)(=O)C2)cn1. The Labute approximate surface area is 142 Å². The molecular formula is C15H14F2N4O3S. The maximum Gasteiger partial charge on any atom is 0.275 e. The highest BCUT2D eigenvalue weighted by atomic mass is 32.2. The molecule has 132 valence electrons. The fourth-order valence-electron chi connectivity index (χ4n) is 2.41. The maximum atomic E-state index is 13.1. The number of carbonyl (C=O) groups is 1. The van der Waals surface area contributed by atoms with E-state index < -0.39 is 27.4 Å². The van der Waals surface area contributed by atoms with Crippen molar-refractivity contribution in [1.82, 2.24) is 9.97 Å². The molecule has 0 spiro atoms. The fourth-order valence-corrected chi connectivity index (χ4v) is 4.08. The summed E-state index contributed by atoms with van der Waals surface area (Å²) in [6.07, 6.45) is 3.01. The Hall–Kier alpha value is -2.62. The van der Waals surface area contributed by atoms with Crippen LogP contribution in [-0.4, -0.2) is 41.8 Å². The van der Waals surface area contributed by atoms with Crippen LogP contribution in [0, 0.1) is 11.6 Å². The summed E-state index contributed by atoms with van der Waals surface area (Å²) in [5.74, 6) is -2.20. The van der Waals surface area contributed by atoms with Crippen LogP contribution in [0.25, 0.3) is 0 Å². The minimum absolute atomic E-state index is 0.0191. The summed E-state index contributed by atoms with van der Waals surface area (Å²) in [6.45, 7) is 0. The van der Waals surface area contributed by atoms with Gasteiger partial charge in [0.25, 0.3) is 5.91 Å². The molecule has 2 N–H and O–H groups in total. The van der Waals surface area contributed by atoms with E-state index in [1.807, 2.05) is 0 Å². The van der Waals surface area contributed by atoms with Crippen molar-refractivity contribution in [1.29, 1.82) is 0 Å². The highest BCUT2D eigenvalue weighted by Gasteiger charge is 2.28. The van der Waals surface area contributed by atoms with E-state index in [0.29, 0.717) is 12.2 Å². The Bertz CT molecular complexity index is 903. The van der Waals surface area contributed by atoms with Crippen LogP contribution in [0.4, 0.5) is 20.3 Å². The van der Waals surface area contributed by atoms with Crippen molar-refractivity contribution in [3.05, 3.63) is 47.9 Å². The van der Waals surface area contributed by atoms with Gasteiger partial charge in [-0.3, -0.25) is 4.79 Å². The topological polar surface area (TPSA) is 101 Å². The van der Waals surface area contributed by atoms with Gasteiger partial charge in [-0.1, -0.05) is 0 Å². The molecule has 3 rings (SSSR count). The second-order valence-electron chi connectivity index (χ2n) is 5.61. The number of hydrogen-bond donors (Lipinski definition) is 2. The van der Waals surface area contributed by atoms with Gasteiger partial charge >= 0.3 is 0 Å². The number of nitrogens with one attached hydrogen (secondary N) is 2. The number of halogens is 2. The highest BCUT2D eigenvalue weighted by molar-refractivity contribution is 7.91. The lowest BCUT2D eigenvalue weighted by Crippen LogP contribution is -2.22. The van der Waals surface area contributed by atoms with Gasteiger partial charge in [0.2, 0.25) is 0 Å². The molecule has 0 radical (unpaired) electrons. The van der Waals surface area contributed by atoms with Crippen LogP contribution < -0.4 is 10.6 Å². The Morgan fingerprint density at radius 3 is 2.56 bits per heavy atom. The van der Waals surface area contributed by atoms with Gasteiger partial charge < -0.3 is 10.6 Å². The number of aromatic nitrogens is 2. The van der Waals surface area contributed by atoms with Gasteiger partial charge in [0.05, 0.1) is 23.9 Å². The van der Waals surface area contributed by atoms with E-state index in [9.17, 15) is 22.0 Å². The van der Waals surface area contributed by atoms with Crippen molar-refractivity contribution in [2.75, 3.05) is 22.1 Å². The van der Waals surface area contributed by atoms with Crippen LogP contribution in [0.3, 0.4) is 0 Å². The number of carbonyl (C=O) groups excluding carboxylic acids is 1. The number of anilines is 2. The average molecular weight is 368 g/mol. The summed E-state index contributed by atoms with van der Waals surface area (Å²) in [5, 5.41) is 5.33. The van der Waals surface area contributed by atoms with E-state index in [-0.39, 0.29) is 28.9 Å². The predicted molar refractivity (Wildman–Crippen MR) is 87.0 cm³/mol. The smallest absolute Gasteiger partial charge is 0.275 e. The standard InChI is InChI=1S/C15H14F2N4O3S/c16-11-2-1-9(5-12(11)17)21-15(22)13-6-19-14(7-18-13)20-10-3-4-25(23,24)8-10/h1-2,5-7,10H,3-4,8H2,(H,19,20)(H,21,22). The summed E-state index contributed by atoms with van der Waals surface area (Å²) in [4.78, 5) is 20.0. The first kappa shape index (κ1) is 17.2. The van der Waals surface area contributed by atoms with E-state index in [0.717, 1.165) is 12.1 Å². The third kappa shape index (κ3) is 4.27. The van der Waals surface area contributed by atoms with Crippen LogP contribution in [0.1, 0.15) is 16.9 Å². The Morgan fingerprint density at radius 2 is 1.96 bits per heavy atom. The minimum atomic E-state index is -3.01. The molecule has 1 saturated heterocycles. The fraction of sp³-hybridized carbons (Fsp3) is 0.267. The van der Waals surface area contributed by atoms with Crippen molar-refractivity contribution in [3.63, 3.8) is 0 Å². The summed E-state index contributed by atoms with van der Waals surface area (Å²) in [6, 6.07) is 2.75. The van der Waals surface area contributed by atoms with Crippen LogP contribution in [0.15, 0.2) is 30.6 Å². The molecule has 0 bridgehead atoms. The van der Waals surface area contributed by atoms with Crippen molar-refractivity contribution in [3.8, 4) is 0 Å². The van der Waals surface area contributed by atoms with E-state index in [1.54, 1.807) is 0 Å². The summed E-state index contributed by atoms with van der Waals surface area (Å²) >= 11 is 0. The largest absolute Gasteiger partial charge is 0.365 e. The molecule has 0 aliphatic carbocycles. The molecule has 1 amide bonds. The molecule has 10 heteroatoms. The quantitative estimate of drug-likeness (QED) is 0.850. The predicted octanol–water partition coefficient (Wildman–Crippen LogP) is 1.61. The first-order valence-electron chi connectivity index (χ1n) is 7.38. The molecular weight excluding hydrogens is 354 g/mol. The maximum absolute atomic E-state index is 13.1. The molecule has 2 aromatic rings. The molecule has 1 aliphatic rings. The second-order valence-corrected chi connectivity index (χ2v) is 7.84. The summed E-state index contributed by atoms with van der Waals surface area (Å²) < 4.78 is 48.8. The minimum Gasteiger partial charge on any atom is -0.365 e. The number of sulfone groups is 1. The number of benzene rings is 1. The molecule has 1 fully saturated rings. The van der Waals surface area contributed by atoms with E-state index in [2.05, 4.69) is 20.6 Å². The van der Waals surface area contributed by atoms with Gasteiger partial charge in [0.1, 0.15) is 11.5 Å². The molecule has 2 heterocycles. The number of hydrogen-bond acceptors (Lipinski definition) is 6. The second kappa shape index (κ2) is 6.71. The molecule has 1 aromatic heterocycles. The molecule has 1 aliphatic heterocycles. The lowest BCUT2D eigenvalue weighted by molar-refractivity contribution is 0.102. The van der Waals surface area contributed by atoms with E-state index in [4.69, 9.17) is 0 Å². The summed E-state index contributed by atoms with van der Waals surface area (Å²) in [5.41, 5.74) is 0.0680. The lowest BCUT2D eigenvalue weighted by atomic mass is 10.2. The van der Waals surface area contributed by atoms with Gasteiger partial charge in [0, 0.05) is 17.8 Å². The van der Waals surface area contributed by atoms with Crippen molar-refractivity contribution in [2.24, 2.45) is 0 Å². The molecule has 0 saturated carbocycles. The van der Waals surface area contributed by atoms with Gasteiger partial charge in [-0.15, -0.1) is 0 Å². The third-order valence-corrected chi connectivity index (χ3v) is 5.41. The molecule has 1 unspecified atom stereocenters. The van der Waals surface area contributed by atoms with Crippen molar-refractivity contribution >= 4 is 27.2 Å². The Morgan fingerprint density at radius 1 is 1.16 bits per heavy atom. The average Bonchev–Trinajstić information content (AvgIpc) is 2.90. The number of amides is 1. The van der Waals surface area contributed by atoms with Gasteiger partial charge in [-0.2, -0.15) is 0 Å². The van der Waals surface area contributed by atoms with Gasteiger partial charge in [-0.05, 0) is 18.6 Å². The molecule has 7 nitrogen and oxygen atoms in total. The zero-order valence-corrected chi connectivity index (χ0v) is 13.7. The van der Waals surface area contributed by atoms with Crippen LogP contribution in [0.5, 0.6) is 0 Å². The van der Waals surface area contributed by atoms with Crippen molar-refractivity contribution in [2.45, 2.75) is 12.5 Å². The van der Waals surface area contributed by atoms with Gasteiger partial charge in [-0.25, -0.2) is 27.2 Å². The normalized spacial score (nSPS) is 18.7. The van der Waals surface area contributed by atoms with E-state index >= 15 is 0 Å². The Kier molecular flexibility index (Phi) is 4.62. The molecule has 1 atom stereocenters. The van der Waals surface area contributed by atoms with Crippen LogP contribution >= 0.6 is 0 Å². The van der Waals surface area contributed by atoms with Gasteiger partial charge in [0.15, 0.2) is 21.5 Å². The number of nitrogens with zero attached hydrogens (tertiary/aromatic N) is 2. The first-order valence-corrected chi connectivity index (χ1v) is 9.20. The lowest BCUT2D eigenvalue weighted by Gasteiger charge is -2.11. The zero-order chi connectivity index (χ0) is 18.0. The van der Waals surface area contributed by atoms with E-state index in [1.165, 1.54) is 18.5 Å². The van der Waals surface area contributed by atoms with Crippen LogP contribution in [-0.2, 0) is 9.84 Å². The summed E-state index contributed by atoms with van der Waals surface area (Å²) in [7, 11) is -3.01.